The standard InChI is InChI=1S/C32H62NO7P/c1-3-5-7-9-11-12-13-14-15-16-17-18-19-20-21-23-25-32(34)40-31(30-39-41(35,36)38-28-26-33)29-37-27-24-22-10-8-6-4-2/h12-13,15-16,31H,3-11,14,17-30,33H2,1-2H3,(H,35,36)/b13-12-,16-15-. The molecule has 0 aliphatic rings. The van der Waals surface area contributed by atoms with Crippen molar-refractivity contribution in [2.75, 3.05) is 33.0 Å². The van der Waals surface area contributed by atoms with Crippen molar-refractivity contribution >= 4 is 13.8 Å². The Morgan fingerprint density at radius 3 is 1.93 bits per heavy atom. The first-order valence-electron chi connectivity index (χ1n) is 16.3. The summed E-state index contributed by atoms with van der Waals surface area (Å²) in [4.78, 5) is 22.2. The molecule has 0 fully saturated rings. The minimum atomic E-state index is -4.26. The van der Waals surface area contributed by atoms with E-state index in [9.17, 15) is 14.3 Å². The van der Waals surface area contributed by atoms with Crippen LogP contribution in [0.5, 0.6) is 0 Å². The van der Waals surface area contributed by atoms with Crippen molar-refractivity contribution in [3.8, 4) is 0 Å². The van der Waals surface area contributed by atoms with E-state index < -0.39 is 13.9 Å². The number of allylic oxidation sites excluding steroid dienone is 4. The van der Waals surface area contributed by atoms with Gasteiger partial charge in [0, 0.05) is 19.6 Å². The maximum absolute atomic E-state index is 12.4. The molecule has 242 valence electrons. The molecule has 0 aliphatic carbocycles. The normalized spacial score (nSPS) is 14.1. The van der Waals surface area contributed by atoms with Crippen LogP contribution in [0.4, 0.5) is 0 Å². The van der Waals surface area contributed by atoms with Crippen LogP contribution in [-0.2, 0) is 27.9 Å². The average Bonchev–Trinajstić information content (AvgIpc) is 2.96. The first-order valence-corrected chi connectivity index (χ1v) is 17.8. The zero-order chi connectivity index (χ0) is 30.3. The number of carbonyl (C=O) groups excluding carboxylic acids is 1. The Morgan fingerprint density at radius 1 is 0.732 bits per heavy atom. The predicted molar refractivity (Wildman–Crippen MR) is 169 cm³/mol. The van der Waals surface area contributed by atoms with E-state index in [0.717, 1.165) is 57.8 Å². The van der Waals surface area contributed by atoms with E-state index in [0.29, 0.717) is 13.0 Å². The molecular weight excluding hydrogens is 541 g/mol. The number of phosphoric ester groups is 1. The SMILES string of the molecule is CCCCCC/C=C\C/C=C\CCCCCCCC(=O)OC(COCCCCCCCC)COP(=O)(O)OCCN. The summed E-state index contributed by atoms with van der Waals surface area (Å²) in [5.41, 5.74) is 5.32. The summed E-state index contributed by atoms with van der Waals surface area (Å²) in [6.45, 7) is 4.81. The largest absolute Gasteiger partial charge is 0.472 e. The molecule has 0 bridgehead atoms. The Bertz CT molecular complexity index is 687. The van der Waals surface area contributed by atoms with Gasteiger partial charge >= 0.3 is 13.8 Å². The lowest BCUT2D eigenvalue weighted by Gasteiger charge is -2.20. The van der Waals surface area contributed by atoms with Crippen LogP contribution in [0, 0.1) is 0 Å². The number of rotatable bonds is 31. The van der Waals surface area contributed by atoms with Gasteiger partial charge in [0.1, 0.15) is 6.10 Å². The number of ether oxygens (including phenoxy) is 2. The fourth-order valence-electron chi connectivity index (χ4n) is 4.20. The van der Waals surface area contributed by atoms with Crippen LogP contribution in [0.3, 0.4) is 0 Å². The van der Waals surface area contributed by atoms with Gasteiger partial charge in [-0.1, -0.05) is 109 Å². The number of phosphoric acid groups is 1. The topological polar surface area (TPSA) is 117 Å². The van der Waals surface area contributed by atoms with E-state index in [4.69, 9.17) is 24.3 Å². The molecule has 0 heterocycles. The molecule has 0 aliphatic heterocycles. The Kier molecular flexibility index (Phi) is 29.7. The molecule has 2 atom stereocenters. The predicted octanol–water partition coefficient (Wildman–Crippen LogP) is 8.57. The van der Waals surface area contributed by atoms with E-state index in [-0.39, 0.29) is 32.3 Å². The van der Waals surface area contributed by atoms with Crippen molar-refractivity contribution < 1.29 is 32.8 Å². The van der Waals surface area contributed by atoms with Gasteiger partial charge < -0.3 is 20.1 Å². The molecule has 8 nitrogen and oxygen atoms in total. The molecule has 0 spiro atoms. The van der Waals surface area contributed by atoms with Crippen LogP contribution in [0.15, 0.2) is 24.3 Å². The van der Waals surface area contributed by atoms with Crippen molar-refractivity contribution in [3.63, 3.8) is 0 Å². The monoisotopic (exact) mass is 603 g/mol. The van der Waals surface area contributed by atoms with Crippen LogP contribution in [0.2, 0.25) is 0 Å². The molecule has 0 saturated heterocycles. The third-order valence-corrected chi connectivity index (χ3v) is 7.61. The van der Waals surface area contributed by atoms with E-state index >= 15 is 0 Å². The van der Waals surface area contributed by atoms with Crippen LogP contribution in [0.1, 0.15) is 136 Å². The van der Waals surface area contributed by atoms with Gasteiger partial charge in [-0.15, -0.1) is 0 Å². The summed E-state index contributed by atoms with van der Waals surface area (Å²) in [5, 5.41) is 0. The summed E-state index contributed by atoms with van der Waals surface area (Å²) in [6, 6.07) is 0. The minimum Gasteiger partial charge on any atom is -0.457 e. The van der Waals surface area contributed by atoms with E-state index in [2.05, 4.69) is 38.2 Å². The number of carbonyl (C=O) groups is 1. The molecular formula is C32H62NO7P. The van der Waals surface area contributed by atoms with Crippen LogP contribution >= 0.6 is 7.82 Å². The smallest absolute Gasteiger partial charge is 0.457 e. The summed E-state index contributed by atoms with van der Waals surface area (Å²) < 4.78 is 33.0. The third-order valence-electron chi connectivity index (χ3n) is 6.62. The number of unbranched alkanes of at least 4 members (excludes halogenated alkanes) is 14. The lowest BCUT2D eigenvalue weighted by atomic mass is 10.1. The highest BCUT2D eigenvalue weighted by molar-refractivity contribution is 7.47. The van der Waals surface area contributed by atoms with Crippen LogP contribution < -0.4 is 5.73 Å². The van der Waals surface area contributed by atoms with Crippen LogP contribution in [0.25, 0.3) is 0 Å². The third kappa shape index (κ3) is 30.2. The molecule has 2 unspecified atom stereocenters. The van der Waals surface area contributed by atoms with Crippen molar-refractivity contribution in [1.29, 1.82) is 0 Å². The first-order chi connectivity index (χ1) is 19.9. The number of esters is 1. The maximum Gasteiger partial charge on any atom is 0.472 e. The van der Waals surface area contributed by atoms with E-state index in [1.165, 1.54) is 57.8 Å². The Morgan fingerprint density at radius 2 is 1.29 bits per heavy atom. The fraction of sp³-hybridized carbons (Fsp3) is 0.844. The fourth-order valence-corrected chi connectivity index (χ4v) is 4.97. The zero-order valence-corrected chi connectivity index (χ0v) is 27.2. The van der Waals surface area contributed by atoms with Gasteiger partial charge in [0.15, 0.2) is 0 Å². The number of hydrogen-bond acceptors (Lipinski definition) is 7. The molecule has 0 aromatic heterocycles. The number of nitrogens with two attached hydrogens (primary N) is 1. The molecule has 0 rings (SSSR count). The maximum atomic E-state index is 12.4. The van der Waals surface area contributed by atoms with Gasteiger partial charge in [0.05, 0.1) is 19.8 Å². The highest BCUT2D eigenvalue weighted by atomic mass is 31.2. The zero-order valence-electron chi connectivity index (χ0n) is 26.3. The van der Waals surface area contributed by atoms with Crippen molar-refractivity contribution in [2.24, 2.45) is 5.73 Å². The van der Waals surface area contributed by atoms with Gasteiger partial charge in [0.2, 0.25) is 0 Å². The van der Waals surface area contributed by atoms with Gasteiger partial charge in [0.25, 0.3) is 0 Å². The van der Waals surface area contributed by atoms with Crippen molar-refractivity contribution in [1.82, 2.24) is 0 Å². The summed E-state index contributed by atoms with van der Waals surface area (Å²) in [6.07, 6.45) is 29.2. The van der Waals surface area contributed by atoms with Gasteiger partial charge in [-0.2, -0.15) is 0 Å². The van der Waals surface area contributed by atoms with Crippen molar-refractivity contribution in [3.05, 3.63) is 24.3 Å². The Labute approximate surface area is 251 Å². The van der Waals surface area contributed by atoms with Gasteiger partial charge in [-0.25, -0.2) is 4.57 Å². The average molecular weight is 604 g/mol. The lowest BCUT2D eigenvalue weighted by Crippen LogP contribution is -2.28. The number of hydrogen-bond donors (Lipinski definition) is 2. The second kappa shape index (κ2) is 30.4. The molecule has 0 aromatic carbocycles. The second-order valence-electron chi connectivity index (χ2n) is 10.7. The lowest BCUT2D eigenvalue weighted by molar-refractivity contribution is -0.154. The summed E-state index contributed by atoms with van der Waals surface area (Å²) >= 11 is 0. The van der Waals surface area contributed by atoms with Gasteiger partial charge in [-0.05, 0) is 44.9 Å². The molecule has 41 heavy (non-hydrogen) atoms. The molecule has 3 N–H and O–H groups in total. The molecule has 0 amide bonds. The minimum absolute atomic E-state index is 0.0976. The molecule has 0 aromatic rings. The highest BCUT2D eigenvalue weighted by Crippen LogP contribution is 2.43. The molecule has 9 heteroatoms. The van der Waals surface area contributed by atoms with Crippen molar-refractivity contribution in [2.45, 2.75) is 142 Å². The quantitative estimate of drug-likeness (QED) is 0.0350. The van der Waals surface area contributed by atoms with Crippen LogP contribution in [-0.4, -0.2) is 49.9 Å². The Balaban J connectivity index is 4.10. The Hall–Kier alpha value is -1.02. The summed E-state index contributed by atoms with van der Waals surface area (Å²) in [7, 11) is -4.26. The molecule has 0 saturated carbocycles. The van der Waals surface area contributed by atoms with E-state index in [1.807, 2.05) is 0 Å². The summed E-state index contributed by atoms with van der Waals surface area (Å²) in [5.74, 6) is -0.348. The molecule has 0 radical (unpaired) electrons. The second-order valence-corrected chi connectivity index (χ2v) is 12.1. The van der Waals surface area contributed by atoms with E-state index in [1.54, 1.807) is 0 Å². The first kappa shape index (κ1) is 40.0. The van der Waals surface area contributed by atoms with Gasteiger partial charge in [-0.3, -0.25) is 13.8 Å². The highest BCUT2D eigenvalue weighted by Gasteiger charge is 2.25.